The number of benzene rings is 3. The summed E-state index contributed by atoms with van der Waals surface area (Å²) in [5.74, 6) is 4.78. The first kappa shape index (κ1) is 61.2. The van der Waals surface area contributed by atoms with Gasteiger partial charge in [-0.05, 0) is 125 Å². The summed E-state index contributed by atoms with van der Waals surface area (Å²) in [4.78, 5) is 47.3. The van der Waals surface area contributed by atoms with Gasteiger partial charge in [-0.15, -0.1) is 34.0 Å². The lowest BCUT2D eigenvalue weighted by Crippen LogP contribution is -2.41. The van der Waals surface area contributed by atoms with Crippen LogP contribution in [-0.4, -0.2) is 149 Å². The Bertz CT molecular complexity index is 3860. The Morgan fingerprint density at radius 1 is 0.400 bits per heavy atom. The van der Waals surface area contributed by atoms with Gasteiger partial charge in [0, 0.05) is 95.2 Å². The second-order valence-corrected chi connectivity index (χ2v) is 26.5. The van der Waals surface area contributed by atoms with E-state index >= 15 is 0 Å². The predicted molar refractivity (Wildman–Crippen MR) is 356 cm³/mol. The molecule has 9 aromatic rings. The second-order valence-electron chi connectivity index (χ2n) is 23.2. The summed E-state index contributed by atoms with van der Waals surface area (Å²) in [5.41, 5.74) is 12.6. The highest BCUT2D eigenvalue weighted by molar-refractivity contribution is 7.19. The van der Waals surface area contributed by atoms with Crippen molar-refractivity contribution in [1.29, 1.82) is 0 Å². The third-order valence-electron chi connectivity index (χ3n) is 18.1. The van der Waals surface area contributed by atoms with Gasteiger partial charge < -0.3 is 58.6 Å². The van der Waals surface area contributed by atoms with Crippen LogP contribution in [0.25, 0.3) is 30.6 Å². The highest BCUT2D eigenvalue weighted by atomic mass is 32.1. The van der Waals surface area contributed by atoms with Crippen LogP contribution < -0.4 is 30.2 Å². The van der Waals surface area contributed by atoms with Crippen LogP contribution >= 0.6 is 34.0 Å². The van der Waals surface area contributed by atoms with Crippen LogP contribution in [0.4, 0.5) is 34.5 Å². The molecule has 0 saturated heterocycles. The summed E-state index contributed by atoms with van der Waals surface area (Å²) in [6.07, 6.45) is 18.5. The van der Waals surface area contributed by atoms with Crippen molar-refractivity contribution in [2.75, 3.05) is 99.8 Å². The number of nitrogens with zero attached hydrogens (tertiary/aromatic N) is 9. The first-order chi connectivity index (χ1) is 44.0. The second kappa shape index (κ2) is 25.9. The summed E-state index contributed by atoms with van der Waals surface area (Å²) in [7, 11) is 15.5. The fraction of sp³-hybridized carbons (Fsp3) is 0.409. The number of methoxy groups -OCH3 is 9. The third-order valence-corrected chi connectivity index (χ3v) is 21.5. The lowest BCUT2D eigenvalue weighted by Gasteiger charge is -2.35. The zero-order valence-corrected chi connectivity index (χ0v) is 54.4. The van der Waals surface area contributed by atoms with Crippen molar-refractivity contribution in [3.05, 3.63) is 120 Å². The topological polar surface area (TPSA) is 234 Å². The molecule has 3 aliphatic heterocycles. The van der Waals surface area contributed by atoms with E-state index in [1.165, 1.54) is 48.0 Å². The van der Waals surface area contributed by atoms with Gasteiger partial charge in [-0.3, -0.25) is 15.0 Å². The number of aryl methyl sites for hydroxylation is 3. The number of hydrogen-bond acceptors (Lipinski definition) is 24. The first-order valence-electron chi connectivity index (χ1n) is 29.8. The lowest BCUT2D eigenvalue weighted by atomic mass is 9.84. The SMILES string of the molecule is COCC1(OC)CCc2c(sc3ncnc(Nc4cc5c(cc4OC)CN=C5)c23)C1.COC[C@@]1(OC)CCc2c(sc3ncnc(Nc4cc5c(cc4OC)CN=C5)c23)C1.COC[C@]1(OC)CCc2c(sc3ncnc(Nc4cc5c(cc4OC)CN=C5)c23)C1. The third kappa shape index (κ3) is 11.7. The molecule has 24 heteroatoms. The number of ether oxygens (including phenoxy) is 9. The van der Waals surface area contributed by atoms with E-state index in [1.54, 1.807) is 117 Å². The standard InChI is InChI=1S/3C22H24N4O3S/c3*1-27-11-22(29-3)5-4-15-18(8-22)30-21-19(15)20(24-12-25-21)26-16-6-13-9-23-10-14(13)7-17(16)28-2/h3*6-7,9,12H,4-5,8,10-11H2,1-3H3,(H,24,25,26)/t2*22-;/m10./s1. The number of fused-ring (bicyclic) bond motifs is 12. The van der Waals surface area contributed by atoms with Gasteiger partial charge >= 0.3 is 0 Å². The number of aliphatic imine (C=N–C) groups is 3. The molecule has 0 amide bonds. The molecule has 0 fully saturated rings. The van der Waals surface area contributed by atoms with Gasteiger partial charge in [0.25, 0.3) is 0 Å². The molecule has 90 heavy (non-hydrogen) atoms. The Hall–Kier alpha value is -7.65. The Labute approximate surface area is 533 Å². The Morgan fingerprint density at radius 3 is 0.967 bits per heavy atom. The largest absolute Gasteiger partial charge is 0.495 e. The van der Waals surface area contributed by atoms with E-state index in [-0.39, 0.29) is 16.8 Å². The van der Waals surface area contributed by atoms with Crippen LogP contribution in [0.2, 0.25) is 0 Å². The molecule has 21 nitrogen and oxygen atoms in total. The maximum absolute atomic E-state index is 5.87. The molecule has 468 valence electrons. The van der Waals surface area contributed by atoms with E-state index in [4.69, 9.17) is 42.6 Å². The van der Waals surface area contributed by atoms with E-state index in [0.29, 0.717) is 39.5 Å². The number of rotatable bonds is 18. The number of aromatic nitrogens is 6. The summed E-state index contributed by atoms with van der Waals surface area (Å²) in [6, 6.07) is 12.4. The van der Waals surface area contributed by atoms with E-state index in [9.17, 15) is 0 Å². The van der Waals surface area contributed by atoms with Crippen LogP contribution in [0.3, 0.4) is 0 Å². The average Bonchev–Trinajstić information content (AvgIpc) is 1.70. The van der Waals surface area contributed by atoms with Gasteiger partial charge in [-0.1, -0.05) is 0 Å². The number of anilines is 6. The zero-order chi connectivity index (χ0) is 62.2. The van der Waals surface area contributed by atoms with Crippen molar-refractivity contribution >= 4 is 118 Å². The molecule has 3 atom stereocenters. The highest BCUT2D eigenvalue weighted by Crippen LogP contribution is 2.47. The van der Waals surface area contributed by atoms with Crippen molar-refractivity contribution in [3.8, 4) is 17.2 Å². The smallest absolute Gasteiger partial charge is 0.142 e. The molecule has 0 bridgehead atoms. The quantitative estimate of drug-likeness (QED) is 0.0724. The lowest BCUT2D eigenvalue weighted by molar-refractivity contribution is -0.0715. The van der Waals surface area contributed by atoms with Crippen molar-refractivity contribution in [1.82, 2.24) is 29.9 Å². The Morgan fingerprint density at radius 2 is 0.700 bits per heavy atom. The zero-order valence-electron chi connectivity index (χ0n) is 52.0. The van der Waals surface area contributed by atoms with E-state index in [2.05, 4.69) is 79.0 Å². The van der Waals surface area contributed by atoms with Gasteiger partial charge in [0.2, 0.25) is 0 Å². The normalized spacial score (nSPS) is 19.7. The molecular formula is C66H72N12O9S3. The van der Waals surface area contributed by atoms with Crippen molar-refractivity contribution < 1.29 is 42.6 Å². The molecule has 3 aliphatic carbocycles. The molecule has 15 rings (SSSR count). The summed E-state index contributed by atoms with van der Waals surface area (Å²) < 4.78 is 50.8. The molecule has 9 heterocycles. The molecule has 6 aliphatic rings. The average molecular weight is 1270 g/mol. The van der Waals surface area contributed by atoms with Crippen LogP contribution in [0, 0.1) is 0 Å². The molecule has 3 N–H and O–H groups in total. The van der Waals surface area contributed by atoms with Crippen LogP contribution in [0.15, 0.2) is 70.4 Å². The van der Waals surface area contributed by atoms with E-state index in [0.717, 1.165) is 157 Å². The van der Waals surface area contributed by atoms with Gasteiger partial charge in [0.1, 0.15) is 68.2 Å². The highest BCUT2D eigenvalue weighted by Gasteiger charge is 2.40. The van der Waals surface area contributed by atoms with Crippen molar-refractivity contribution in [2.45, 2.75) is 94.2 Å². The predicted octanol–water partition coefficient (Wildman–Crippen LogP) is 11.7. The van der Waals surface area contributed by atoms with Gasteiger partial charge in [0.15, 0.2) is 0 Å². The molecule has 6 aromatic heterocycles. The number of hydrogen-bond donors (Lipinski definition) is 3. The summed E-state index contributed by atoms with van der Waals surface area (Å²) in [6.45, 7) is 3.85. The molecule has 1 unspecified atom stereocenters. The Kier molecular flexibility index (Phi) is 17.6. The Balaban J connectivity index is 0.000000124. The minimum atomic E-state index is -0.272. The molecule has 0 spiro atoms. The van der Waals surface area contributed by atoms with E-state index in [1.807, 2.05) is 36.8 Å². The monoisotopic (exact) mass is 1270 g/mol. The van der Waals surface area contributed by atoms with Gasteiger partial charge in [-0.25, -0.2) is 29.9 Å². The minimum absolute atomic E-state index is 0.272. The fourth-order valence-electron chi connectivity index (χ4n) is 13.3. The first-order valence-corrected chi connectivity index (χ1v) is 32.2. The van der Waals surface area contributed by atoms with Crippen molar-refractivity contribution in [3.63, 3.8) is 0 Å². The minimum Gasteiger partial charge on any atom is -0.495 e. The van der Waals surface area contributed by atoms with Crippen LogP contribution in [0.1, 0.15) is 84.0 Å². The van der Waals surface area contributed by atoms with Gasteiger partial charge in [0.05, 0.1) is 111 Å². The fourth-order valence-corrected chi connectivity index (χ4v) is 17.2. The van der Waals surface area contributed by atoms with Crippen LogP contribution in [0.5, 0.6) is 17.2 Å². The summed E-state index contributed by atoms with van der Waals surface area (Å²) >= 11 is 5.16. The number of thiophene rings is 3. The summed E-state index contributed by atoms with van der Waals surface area (Å²) in [5, 5.41) is 13.8. The molecule has 0 radical (unpaired) electrons. The maximum atomic E-state index is 5.87. The molecule has 3 aromatic carbocycles. The van der Waals surface area contributed by atoms with Crippen LogP contribution in [-0.2, 0) is 86.6 Å². The van der Waals surface area contributed by atoms with Crippen molar-refractivity contribution in [2.24, 2.45) is 15.0 Å². The maximum Gasteiger partial charge on any atom is 0.142 e. The molecule has 0 saturated carbocycles. The number of nitrogens with one attached hydrogen (secondary N) is 3. The van der Waals surface area contributed by atoms with Gasteiger partial charge in [-0.2, -0.15) is 0 Å². The van der Waals surface area contributed by atoms with E-state index < -0.39 is 0 Å². The molecular weight excluding hydrogens is 1200 g/mol.